The number of halogens is 2. The number of nitrogens with one attached hydrogen (secondary N) is 1. The molecule has 0 aliphatic heterocycles. The molecule has 18 heavy (non-hydrogen) atoms. The average molecular weight is 267 g/mol. The highest BCUT2D eigenvalue weighted by molar-refractivity contribution is 6.30. The van der Waals surface area contributed by atoms with Crippen LogP contribution in [-0.4, -0.2) is 9.97 Å². The van der Waals surface area contributed by atoms with Crippen molar-refractivity contribution >= 4 is 11.6 Å². The second-order valence-corrected chi connectivity index (χ2v) is 4.23. The van der Waals surface area contributed by atoms with Crippen molar-refractivity contribution in [2.75, 3.05) is 0 Å². The Morgan fingerprint density at radius 1 is 1.39 bits per heavy atom. The molecule has 1 atom stereocenters. The van der Waals surface area contributed by atoms with Gasteiger partial charge >= 0.3 is 0 Å². The Bertz CT molecular complexity index is 521. The lowest BCUT2D eigenvalue weighted by Gasteiger charge is -2.15. The number of nitrogens with two attached hydrogens (primary N) is 1. The minimum absolute atomic E-state index is 0.274. The Kier molecular flexibility index (Phi) is 4.19. The zero-order valence-corrected chi connectivity index (χ0v) is 10.2. The van der Waals surface area contributed by atoms with Crippen LogP contribution < -0.4 is 11.3 Å². The third-order valence-corrected chi connectivity index (χ3v) is 2.84. The molecule has 0 saturated heterocycles. The molecule has 2 rings (SSSR count). The first-order valence-electron chi connectivity index (χ1n) is 5.36. The highest BCUT2D eigenvalue weighted by Gasteiger charge is 2.14. The Morgan fingerprint density at radius 2 is 2.22 bits per heavy atom. The molecule has 2 aromatic rings. The Labute approximate surface area is 109 Å². The maximum atomic E-state index is 13.7. The summed E-state index contributed by atoms with van der Waals surface area (Å²) in [5.41, 5.74) is 3.86. The normalized spacial score (nSPS) is 12.4. The molecule has 4 nitrogen and oxygen atoms in total. The number of rotatable bonds is 4. The molecule has 0 aliphatic carbocycles. The minimum atomic E-state index is -0.350. The molecule has 0 radical (unpaired) electrons. The lowest BCUT2D eigenvalue weighted by molar-refractivity contribution is 0.518. The van der Waals surface area contributed by atoms with Gasteiger partial charge in [-0.15, -0.1) is 0 Å². The van der Waals surface area contributed by atoms with Gasteiger partial charge in [-0.2, -0.15) is 0 Å². The van der Waals surface area contributed by atoms with E-state index in [0.717, 1.165) is 0 Å². The van der Waals surface area contributed by atoms with E-state index in [1.807, 2.05) is 0 Å². The average Bonchev–Trinajstić information content (AvgIpc) is 2.39. The van der Waals surface area contributed by atoms with E-state index in [4.69, 9.17) is 17.4 Å². The summed E-state index contributed by atoms with van der Waals surface area (Å²) in [5.74, 6) is 5.12. The molecular formula is C12H12ClFN4. The summed E-state index contributed by atoms with van der Waals surface area (Å²) < 4.78 is 13.7. The molecule has 6 heteroatoms. The highest BCUT2D eigenvalue weighted by Crippen LogP contribution is 2.20. The van der Waals surface area contributed by atoms with Crippen LogP contribution in [0.5, 0.6) is 0 Å². The highest BCUT2D eigenvalue weighted by atomic mass is 35.5. The molecule has 1 heterocycles. The monoisotopic (exact) mass is 266 g/mol. The summed E-state index contributed by atoms with van der Waals surface area (Å²) >= 11 is 5.70. The van der Waals surface area contributed by atoms with E-state index in [-0.39, 0.29) is 11.9 Å². The topological polar surface area (TPSA) is 63.8 Å². The van der Waals surface area contributed by atoms with Gasteiger partial charge in [0.1, 0.15) is 12.1 Å². The van der Waals surface area contributed by atoms with E-state index in [9.17, 15) is 4.39 Å². The fourth-order valence-electron chi connectivity index (χ4n) is 1.66. The van der Waals surface area contributed by atoms with Crippen LogP contribution in [0.2, 0.25) is 5.02 Å². The van der Waals surface area contributed by atoms with E-state index < -0.39 is 0 Å². The molecule has 0 fully saturated rings. The van der Waals surface area contributed by atoms with Crippen molar-refractivity contribution < 1.29 is 4.39 Å². The molecule has 0 bridgehead atoms. The smallest absolute Gasteiger partial charge is 0.127 e. The number of hydrazine groups is 1. The van der Waals surface area contributed by atoms with Crippen LogP contribution in [0.1, 0.15) is 17.3 Å². The van der Waals surface area contributed by atoms with Crippen LogP contribution in [0.25, 0.3) is 0 Å². The van der Waals surface area contributed by atoms with E-state index in [0.29, 0.717) is 22.7 Å². The molecule has 0 spiro atoms. The Balaban J connectivity index is 2.21. The maximum absolute atomic E-state index is 13.7. The van der Waals surface area contributed by atoms with Gasteiger partial charge in [-0.05, 0) is 30.2 Å². The van der Waals surface area contributed by atoms with Crippen molar-refractivity contribution in [2.45, 2.75) is 12.5 Å². The predicted molar refractivity (Wildman–Crippen MR) is 67.2 cm³/mol. The fourth-order valence-corrected chi connectivity index (χ4v) is 1.82. The molecular weight excluding hydrogens is 255 g/mol. The van der Waals surface area contributed by atoms with E-state index >= 15 is 0 Å². The number of aromatic nitrogens is 2. The lowest BCUT2D eigenvalue weighted by atomic mass is 10.0. The maximum Gasteiger partial charge on any atom is 0.127 e. The van der Waals surface area contributed by atoms with Gasteiger partial charge in [-0.25, -0.2) is 14.4 Å². The van der Waals surface area contributed by atoms with Gasteiger partial charge in [0.15, 0.2) is 0 Å². The van der Waals surface area contributed by atoms with Gasteiger partial charge in [0.05, 0.1) is 11.7 Å². The molecule has 0 amide bonds. The SMILES string of the molecule is NNC(Cc1ccc(Cl)cc1F)c1ccncn1. The van der Waals surface area contributed by atoms with Crippen LogP contribution in [0.4, 0.5) is 4.39 Å². The van der Waals surface area contributed by atoms with Gasteiger partial charge in [0, 0.05) is 11.2 Å². The first kappa shape index (κ1) is 12.9. The quantitative estimate of drug-likeness (QED) is 0.656. The van der Waals surface area contributed by atoms with Crippen LogP contribution in [-0.2, 0) is 6.42 Å². The van der Waals surface area contributed by atoms with Crippen molar-refractivity contribution in [3.63, 3.8) is 0 Å². The predicted octanol–water partition coefficient (Wildman–Crippen LogP) is 2.02. The second kappa shape index (κ2) is 5.86. The van der Waals surface area contributed by atoms with Crippen LogP contribution in [0, 0.1) is 5.82 Å². The number of nitrogens with zero attached hydrogens (tertiary/aromatic N) is 2. The standard InChI is InChI=1S/C12H12ClFN4/c13-9-2-1-8(10(14)6-9)5-12(18-15)11-3-4-16-7-17-11/h1-4,6-7,12,18H,5,15H2. The van der Waals surface area contributed by atoms with E-state index in [1.54, 1.807) is 24.4 Å². The zero-order valence-electron chi connectivity index (χ0n) is 9.48. The fraction of sp³-hybridized carbons (Fsp3) is 0.167. The first-order chi connectivity index (χ1) is 8.70. The zero-order chi connectivity index (χ0) is 13.0. The molecule has 1 unspecified atom stereocenters. The van der Waals surface area contributed by atoms with E-state index in [2.05, 4.69) is 15.4 Å². The van der Waals surface area contributed by atoms with E-state index in [1.165, 1.54) is 12.4 Å². The van der Waals surface area contributed by atoms with Crippen molar-refractivity contribution in [2.24, 2.45) is 5.84 Å². The van der Waals surface area contributed by atoms with Crippen molar-refractivity contribution in [1.82, 2.24) is 15.4 Å². The summed E-state index contributed by atoms with van der Waals surface area (Å²) in [6.07, 6.45) is 3.43. The molecule has 0 aliphatic rings. The van der Waals surface area contributed by atoms with Gasteiger partial charge in [-0.1, -0.05) is 17.7 Å². The number of hydrogen-bond acceptors (Lipinski definition) is 4. The lowest BCUT2D eigenvalue weighted by Crippen LogP contribution is -2.30. The number of benzene rings is 1. The van der Waals surface area contributed by atoms with Gasteiger partial charge in [0.2, 0.25) is 0 Å². The van der Waals surface area contributed by atoms with Gasteiger partial charge < -0.3 is 0 Å². The summed E-state index contributed by atoms with van der Waals surface area (Å²) in [6, 6.07) is 6.03. The van der Waals surface area contributed by atoms with Crippen LogP contribution in [0.15, 0.2) is 36.8 Å². The third kappa shape index (κ3) is 3.01. The largest absolute Gasteiger partial charge is 0.271 e. The molecule has 1 aromatic heterocycles. The van der Waals surface area contributed by atoms with Crippen LogP contribution >= 0.6 is 11.6 Å². The summed E-state index contributed by atoms with van der Waals surface area (Å²) in [5, 5.41) is 0.371. The second-order valence-electron chi connectivity index (χ2n) is 3.79. The van der Waals surface area contributed by atoms with Gasteiger partial charge in [0.25, 0.3) is 0 Å². The summed E-state index contributed by atoms with van der Waals surface area (Å²) in [7, 11) is 0. The molecule has 0 saturated carbocycles. The van der Waals surface area contributed by atoms with Crippen molar-refractivity contribution in [1.29, 1.82) is 0 Å². The van der Waals surface area contributed by atoms with Crippen LogP contribution in [0.3, 0.4) is 0 Å². The summed E-state index contributed by atoms with van der Waals surface area (Å²) in [6.45, 7) is 0. The molecule has 3 N–H and O–H groups in total. The van der Waals surface area contributed by atoms with Crippen molar-refractivity contribution in [3.05, 3.63) is 58.9 Å². The molecule has 94 valence electrons. The Morgan fingerprint density at radius 3 is 2.83 bits per heavy atom. The van der Waals surface area contributed by atoms with Crippen molar-refractivity contribution in [3.8, 4) is 0 Å². The first-order valence-corrected chi connectivity index (χ1v) is 5.74. The Hall–Kier alpha value is -1.56. The third-order valence-electron chi connectivity index (χ3n) is 2.60. The van der Waals surface area contributed by atoms with Gasteiger partial charge in [-0.3, -0.25) is 11.3 Å². The molecule has 1 aromatic carbocycles. The number of hydrogen-bond donors (Lipinski definition) is 2. The minimum Gasteiger partial charge on any atom is -0.271 e. The summed E-state index contributed by atoms with van der Waals surface area (Å²) in [4.78, 5) is 7.92.